The molecule has 1 aromatic rings. The molecule has 0 amide bonds. The first kappa shape index (κ1) is 13.6. The third-order valence-corrected chi connectivity index (χ3v) is 2.46. The quantitative estimate of drug-likeness (QED) is 0.646. The van der Waals surface area contributed by atoms with Crippen molar-refractivity contribution in [3.8, 4) is 11.5 Å². The van der Waals surface area contributed by atoms with Gasteiger partial charge in [-0.1, -0.05) is 27.7 Å². The fourth-order valence-corrected chi connectivity index (χ4v) is 1.57. The number of esters is 1. The van der Waals surface area contributed by atoms with Gasteiger partial charge in [-0.05, 0) is 30.0 Å². The highest BCUT2D eigenvalue weighted by Gasteiger charge is 2.19. The molecule has 0 aliphatic heterocycles. The van der Waals surface area contributed by atoms with Crippen molar-refractivity contribution in [1.82, 2.24) is 0 Å². The Labute approximate surface area is 102 Å². The Hall–Kier alpha value is -1.51. The molecule has 0 fully saturated rings. The standard InChI is InChI=1S/C14H20O3/c1-5-6-13(16)17-10-7-8-12(15)11(9-10)14(2,3)4/h7-9,15H,5-6H2,1-4H3. The first-order valence-corrected chi connectivity index (χ1v) is 5.88. The van der Waals surface area contributed by atoms with Gasteiger partial charge in [-0.3, -0.25) is 4.79 Å². The summed E-state index contributed by atoms with van der Waals surface area (Å²) in [6.07, 6.45) is 1.18. The van der Waals surface area contributed by atoms with Gasteiger partial charge in [0.25, 0.3) is 0 Å². The predicted molar refractivity (Wildman–Crippen MR) is 67.3 cm³/mol. The number of rotatable bonds is 3. The second kappa shape index (κ2) is 5.21. The van der Waals surface area contributed by atoms with Gasteiger partial charge < -0.3 is 9.84 Å². The molecule has 1 N–H and O–H groups in total. The Morgan fingerprint density at radius 2 is 2.00 bits per heavy atom. The van der Waals surface area contributed by atoms with Gasteiger partial charge in [0.05, 0.1) is 0 Å². The molecule has 3 heteroatoms. The van der Waals surface area contributed by atoms with Crippen molar-refractivity contribution in [3.63, 3.8) is 0 Å². The zero-order valence-corrected chi connectivity index (χ0v) is 10.9. The molecule has 0 unspecified atom stereocenters. The molecule has 94 valence electrons. The van der Waals surface area contributed by atoms with Gasteiger partial charge in [0, 0.05) is 12.0 Å². The van der Waals surface area contributed by atoms with Crippen LogP contribution in [0.2, 0.25) is 0 Å². The van der Waals surface area contributed by atoms with Crippen molar-refractivity contribution in [2.24, 2.45) is 0 Å². The highest BCUT2D eigenvalue weighted by molar-refractivity contribution is 5.72. The molecule has 0 aliphatic rings. The monoisotopic (exact) mass is 236 g/mol. The second-order valence-electron chi connectivity index (χ2n) is 5.15. The van der Waals surface area contributed by atoms with E-state index >= 15 is 0 Å². The number of carbonyl (C=O) groups excluding carboxylic acids is 1. The highest BCUT2D eigenvalue weighted by Crippen LogP contribution is 2.33. The maximum atomic E-state index is 11.4. The van der Waals surface area contributed by atoms with Gasteiger partial charge in [0.15, 0.2) is 0 Å². The number of ether oxygens (including phenoxy) is 1. The van der Waals surface area contributed by atoms with Crippen molar-refractivity contribution in [2.75, 3.05) is 0 Å². The van der Waals surface area contributed by atoms with E-state index < -0.39 is 0 Å². The molecule has 0 saturated carbocycles. The van der Waals surface area contributed by atoms with Gasteiger partial charge in [0.1, 0.15) is 11.5 Å². The minimum atomic E-state index is -0.238. The molecule has 1 aromatic carbocycles. The second-order valence-corrected chi connectivity index (χ2v) is 5.15. The number of phenolic OH excluding ortho intramolecular Hbond substituents is 1. The molecule has 0 atom stereocenters. The summed E-state index contributed by atoms with van der Waals surface area (Å²) in [7, 11) is 0. The highest BCUT2D eigenvalue weighted by atomic mass is 16.5. The first-order valence-electron chi connectivity index (χ1n) is 5.88. The lowest BCUT2D eigenvalue weighted by Crippen LogP contribution is -2.12. The van der Waals surface area contributed by atoms with Crippen LogP contribution in [0.3, 0.4) is 0 Å². The SMILES string of the molecule is CCCC(=O)Oc1ccc(O)c(C(C)(C)C)c1. The third-order valence-electron chi connectivity index (χ3n) is 2.46. The number of phenols is 1. The van der Waals surface area contributed by atoms with E-state index in [2.05, 4.69) is 0 Å². The number of aromatic hydroxyl groups is 1. The number of hydrogen-bond donors (Lipinski definition) is 1. The van der Waals surface area contributed by atoms with Crippen LogP contribution in [0, 0.1) is 0 Å². The van der Waals surface area contributed by atoms with Crippen LogP contribution < -0.4 is 4.74 Å². The fraction of sp³-hybridized carbons (Fsp3) is 0.500. The Balaban J connectivity index is 2.93. The van der Waals surface area contributed by atoms with E-state index in [1.54, 1.807) is 18.2 Å². The van der Waals surface area contributed by atoms with Crippen LogP contribution in [0.25, 0.3) is 0 Å². The molecule has 0 aliphatic carbocycles. The van der Waals surface area contributed by atoms with Crippen LogP contribution in [-0.4, -0.2) is 11.1 Å². The van der Waals surface area contributed by atoms with E-state index in [0.29, 0.717) is 12.2 Å². The Kier molecular flexibility index (Phi) is 4.16. The zero-order valence-electron chi connectivity index (χ0n) is 10.9. The van der Waals surface area contributed by atoms with Crippen molar-refractivity contribution in [3.05, 3.63) is 23.8 Å². The van der Waals surface area contributed by atoms with Crippen LogP contribution in [-0.2, 0) is 10.2 Å². The van der Waals surface area contributed by atoms with Crippen molar-refractivity contribution in [2.45, 2.75) is 46.0 Å². The normalized spacial score (nSPS) is 11.3. The number of carbonyl (C=O) groups is 1. The molecule has 3 nitrogen and oxygen atoms in total. The summed E-state index contributed by atoms with van der Waals surface area (Å²) >= 11 is 0. The summed E-state index contributed by atoms with van der Waals surface area (Å²) in [6.45, 7) is 7.93. The van der Waals surface area contributed by atoms with Crippen molar-refractivity contribution in [1.29, 1.82) is 0 Å². The summed E-state index contributed by atoms with van der Waals surface area (Å²) in [5.41, 5.74) is 0.594. The Morgan fingerprint density at radius 3 is 2.53 bits per heavy atom. The minimum Gasteiger partial charge on any atom is -0.508 e. The van der Waals surface area contributed by atoms with Crippen molar-refractivity contribution >= 4 is 5.97 Å². The van der Waals surface area contributed by atoms with E-state index in [1.165, 1.54) is 0 Å². The smallest absolute Gasteiger partial charge is 0.311 e. The van der Waals surface area contributed by atoms with Crippen LogP contribution >= 0.6 is 0 Å². The van der Waals surface area contributed by atoms with Gasteiger partial charge in [-0.25, -0.2) is 0 Å². The van der Waals surface area contributed by atoms with E-state index in [1.807, 2.05) is 27.7 Å². The Morgan fingerprint density at radius 1 is 1.35 bits per heavy atom. The molecule has 17 heavy (non-hydrogen) atoms. The van der Waals surface area contributed by atoms with Crippen molar-refractivity contribution < 1.29 is 14.6 Å². The molecule has 0 radical (unpaired) electrons. The lowest BCUT2D eigenvalue weighted by molar-refractivity contribution is -0.134. The molecular formula is C14H20O3. The molecule has 0 bridgehead atoms. The summed E-state index contributed by atoms with van der Waals surface area (Å²) in [5, 5.41) is 9.77. The van der Waals surface area contributed by atoms with Crippen LogP contribution in [0.4, 0.5) is 0 Å². The van der Waals surface area contributed by atoms with Gasteiger partial charge >= 0.3 is 5.97 Å². The summed E-state index contributed by atoms with van der Waals surface area (Å²) in [5.74, 6) is 0.483. The van der Waals surface area contributed by atoms with Crippen LogP contribution in [0.15, 0.2) is 18.2 Å². The zero-order chi connectivity index (χ0) is 13.1. The summed E-state index contributed by atoms with van der Waals surface area (Å²) in [4.78, 5) is 11.4. The lowest BCUT2D eigenvalue weighted by atomic mass is 9.86. The molecule has 0 spiro atoms. The Bertz CT molecular complexity index is 402. The summed E-state index contributed by atoms with van der Waals surface area (Å²) in [6, 6.07) is 4.90. The third kappa shape index (κ3) is 3.77. The molecule has 1 rings (SSSR count). The fourth-order valence-electron chi connectivity index (χ4n) is 1.57. The molecule has 0 aromatic heterocycles. The summed E-state index contributed by atoms with van der Waals surface area (Å²) < 4.78 is 5.20. The number of benzene rings is 1. The van der Waals surface area contributed by atoms with E-state index in [0.717, 1.165) is 12.0 Å². The minimum absolute atomic E-state index is 0.183. The average molecular weight is 236 g/mol. The van der Waals surface area contributed by atoms with Gasteiger partial charge in [-0.2, -0.15) is 0 Å². The topological polar surface area (TPSA) is 46.5 Å². The molecule has 0 heterocycles. The average Bonchev–Trinajstić information content (AvgIpc) is 2.19. The van der Waals surface area contributed by atoms with E-state index in [4.69, 9.17) is 4.74 Å². The van der Waals surface area contributed by atoms with Gasteiger partial charge in [-0.15, -0.1) is 0 Å². The molecule has 0 saturated heterocycles. The predicted octanol–water partition coefficient (Wildman–Crippen LogP) is 3.40. The maximum absolute atomic E-state index is 11.4. The molecular weight excluding hydrogens is 216 g/mol. The number of hydrogen-bond acceptors (Lipinski definition) is 3. The van der Waals surface area contributed by atoms with E-state index in [-0.39, 0.29) is 17.1 Å². The lowest BCUT2D eigenvalue weighted by Gasteiger charge is -2.21. The maximum Gasteiger partial charge on any atom is 0.311 e. The van der Waals surface area contributed by atoms with E-state index in [9.17, 15) is 9.90 Å². The van der Waals surface area contributed by atoms with Crippen LogP contribution in [0.1, 0.15) is 46.1 Å². The van der Waals surface area contributed by atoms with Crippen LogP contribution in [0.5, 0.6) is 11.5 Å². The largest absolute Gasteiger partial charge is 0.508 e. The first-order chi connectivity index (χ1) is 7.84. The van der Waals surface area contributed by atoms with Gasteiger partial charge in [0.2, 0.25) is 0 Å².